The molecule has 1 fully saturated rings. The zero-order valence-corrected chi connectivity index (χ0v) is 11.6. The number of carbonyl (C=O) groups excluding carboxylic acids is 1. The fourth-order valence-corrected chi connectivity index (χ4v) is 2.62. The van der Waals surface area contributed by atoms with Crippen molar-refractivity contribution in [1.82, 2.24) is 4.90 Å². The Labute approximate surface area is 110 Å². The number of aryl methyl sites for hydroxylation is 1. The van der Waals surface area contributed by atoms with Crippen molar-refractivity contribution in [2.24, 2.45) is 5.92 Å². The van der Waals surface area contributed by atoms with Gasteiger partial charge in [0.1, 0.15) is 0 Å². The van der Waals surface area contributed by atoms with Crippen LogP contribution >= 0.6 is 0 Å². The Morgan fingerprint density at radius 3 is 2.56 bits per heavy atom. The molecule has 2 nitrogen and oxygen atoms in total. The first kappa shape index (κ1) is 13.3. The van der Waals surface area contributed by atoms with Crippen molar-refractivity contribution in [3.63, 3.8) is 0 Å². The highest BCUT2D eigenvalue weighted by Gasteiger charge is 2.24. The van der Waals surface area contributed by atoms with Crippen LogP contribution in [0.3, 0.4) is 0 Å². The number of hydrogen-bond acceptors (Lipinski definition) is 2. The third-order valence-corrected chi connectivity index (χ3v) is 3.97. The SMILES string of the molecule is Cc1ccc(C(=O)CN2CC(C)CCC2C)cc1. The maximum absolute atomic E-state index is 12.2. The van der Waals surface area contributed by atoms with Crippen LogP contribution in [-0.2, 0) is 0 Å². The minimum atomic E-state index is 0.246. The lowest BCUT2D eigenvalue weighted by molar-refractivity contribution is 0.0805. The number of benzene rings is 1. The molecule has 98 valence electrons. The van der Waals surface area contributed by atoms with E-state index >= 15 is 0 Å². The second-order valence-corrected chi connectivity index (χ2v) is 5.75. The lowest BCUT2D eigenvalue weighted by Gasteiger charge is -2.36. The first-order chi connectivity index (χ1) is 8.56. The molecule has 1 aromatic carbocycles. The Kier molecular flexibility index (Phi) is 4.18. The van der Waals surface area contributed by atoms with Crippen molar-refractivity contribution in [3.8, 4) is 0 Å². The molecule has 1 aliphatic rings. The van der Waals surface area contributed by atoms with Crippen molar-refractivity contribution < 1.29 is 4.79 Å². The second-order valence-electron chi connectivity index (χ2n) is 5.75. The number of rotatable bonds is 3. The first-order valence-electron chi connectivity index (χ1n) is 6.90. The number of Topliss-reactive ketones (excluding diaryl/α,β-unsaturated/α-hetero) is 1. The fraction of sp³-hybridized carbons (Fsp3) is 0.562. The molecule has 0 aliphatic carbocycles. The van der Waals surface area contributed by atoms with Crippen molar-refractivity contribution in [1.29, 1.82) is 0 Å². The predicted octanol–water partition coefficient (Wildman–Crippen LogP) is 3.30. The Bertz CT molecular complexity index is 410. The van der Waals surface area contributed by atoms with Crippen LogP contribution in [0, 0.1) is 12.8 Å². The summed E-state index contributed by atoms with van der Waals surface area (Å²) in [5.74, 6) is 0.961. The molecule has 0 N–H and O–H groups in total. The normalized spacial score (nSPS) is 25.1. The molecule has 0 aromatic heterocycles. The standard InChI is InChI=1S/C16H23NO/c1-12-5-8-15(9-6-12)16(18)11-17-10-13(2)4-7-14(17)3/h5-6,8-9,13-14H,4,7,10-11H2,1-3H3. The summed E-state index contributed by atoms with van der Waals surface area (Å²) < 4.78 is 0. The average Bonchev–Trinajstić information content (AvgIpc) is 2.34. The van der Waals surface area contributed by atoms with Gasteiger partial charge in [0.2, 0.25) is 0 Å². The van der Waals surface area contributed by atoms with Gasteiger partial charge >= 0.3 is 0 Å². The van der Waals surface area contributed by atoms with Gasteiger partial charge in [-0.15, -0.1) is 0 Å². The molecule has 0 saturated carbocycles. The van der Waals surface area contributed by atoms with Crippen LogP contribution in [-0.4, -0.2) is 29.8 Å². The van der Waals surface area contributed by atoms with Crippen LogP contribution in [0.25, 0.3) is 0 Å². The molecular formula is C16H23NO. The minimum absolute atomic E-state index is 0.246. The highest BCUT2D eigenvalue weighted by atomic mass is 16.1. The van der Waals surface area contributed by atoms with E-state index in [0.717, 1.165) is 12.1 Å². The number of ketones is 1. The lowest BCUT2D eigenvalue weighted by Crippen LogP contribution is -2.43. The number of piperidine rings is 1. The molecule has 0 bridgehead atoms. The highest BCUT2D eigenvalue weighted by molar-refractivity contribution is 5.97. The second kappa shape index (κ2) is 5.66. The van der Waals surface area contributed by atoms with Crippen LogP contribution in [0.15, 0.2) is 24.3 Å². The van der Waals surface area contributed by atoms with Crippen LogP contribution < -0.4 is 0 Å². The summed E-state index contributed by atoms with van der Waals surface area (Å²) in [6.07, 6.45) is 2.50. The van der Waals surface area contributed by atoms with E-state index in [1.165, 1.54) is 18.4 Å². The maximum atomic E-state index is 12.2. The van der Waals surface area contributed by atoms with Gasteiger partial charge < -0.3 is 0 Å². The zero-order valence-electron chi connectivity index (χ0n) is 11.6. The van der Waals surface area contributed by atoms with Gasteiger partial charge in [0.25, 0.3) is 0 Å². The molecule has 2 heteroatoms. The van der Waals surface area contributed by atoms with E-state index in [9.17, 15) is 4.79 Å². The number of likely N-dealkylation sites (tertiary alicyclic amines) is 1. The maximum Gasteiger partial charge on any atom is 0.176 e. The highest BCUT2D eigenvalue weighted by Crippen LogP contribution is 2.21. The number of nitrogens with zero attached hydrogens (tertiary/aromatic N) is 1. The van der Waals surface area contributed by atoms with Gasteiger partial charge in [0.15, 0.2) is 5.78 Å². The van der Waals surface area contributed by atoms with Crippen molar-refractivity contribution in [2.45, 2.75) is 39.7 Å². The first-order valence-corrected chi connectivity index (χ1v) is 6.90. The van der Waals surface area contributed by atoms with Gasteiger partial charge in [0.05, 0.1) is 6.54 Å². The smallest absolute Gasteiger partial charge is 0.176 e. The monoisotopic (exact) mass is 245 g/mol. The molecule has 18 heavy (non-hydrogen) atoms. The Hall–Kier alpha value is -1.15. The van der Waals surface area contributed by atoms with Gasteiger partial charge in [-0.3, -0.25) is 9.69 Å². The molecule has 2 unspecified atom stereocenters. The molecular weight excluding hydrogens is 222 g/mol. The van der Waals surface area contributed by atoms with E-state index in [1.807, 2.05) is 31.2 Å². The average molecular weight is 245 g/mol. The van der Waals surface area contributed by atoms with Crippen molar-refractivity contribution in [2.75, 3.05) is 13.1 Å². The van der Waals surface area contributed by atoms with Crippen LogP contribution in [0.2, 0.25) is 0 Å². The van der Waals surface area contributed by atoms with Crippen LogP contribution in [0.4, 0.5) is 0 Å². The molecule has 1 saturated heterocycles. The van der Waals surface area contributed by atoms with E-state index in [-0.39, 0.29) is 5.78 Å². The molecule has 1 aromatic rings. The summed E-state index contributed by atoms with van der Waals surface area (Å²) in [5.41, 5.74) is 2.04. The summed E-state index contributed by atoms with van der Waals surface area (Å²) in [7, 11) is 0. The van der Waals surface area contributed by atoms with Gasteiger partial charge in [-0.25, -0.2) is 0 Å². The molecule has 0 radical (unpaired) electrons. The van der Waals surface area contributed by atoms with E-state index in [2.05, 4.69) is 18.7 Å². The van der Waals surface area contributed by atoms with E-state index in [1.54, 1.807) is 0 Å². The van der Waals surface area contributed by atoms with Gasteiger partial charge in [-0.2, -0.15) is 0 Å². The summed E-state index contributed by atoms with van der Waals surface area (Å²) in [5, 5.41) is 0. The molecule has 0 spiro atoms. The molecule has 1 aliphatic heterocycles. The third kappa shape index (κ3) is 3.20. The lowest BCUT2D eigenvalue weighted by atomic mass is 9.94. The molecule has 0 amide bonds. The fourth-order valence-electron chi connectivity index (χ4n) is 2.62. The summed E-state index contributed by atoms with van der Waals surface area (Å²) in [6, 6.07) is 8.44. The summed E-state index contributed by atoms with van der Waals surface area (Å²) in [4.78, 5) is 14.6. The zero-order chi connectivity index (χ0) is 13.1. The Morgan fingerprint density at radius 2 is 1.89 bits per heavy atom. The quantitative estimate of drug-likeness (QED) is 0.762. The molecule has 2 rings (SSSR count). The van der Waals surface area contributed by atoms with Crippen molar-refractivity contribution in [3.05, 3.63) is 35.4 Å². The van der Waals surface area contributed by atoms with Gasteiger partial charge in [0, 0.05) is 18.2 Å². The van der Waals surface area contributed by atoms with E-state index in [4.69, 9.17) is 0 Å². The van der Waals surface area contributed by atoms with Crippen molar-refractivity contribution >= 4 is 5.78 Å². The summed E-state index contributed by atoms with van der Waals surface area (Å²) in [6.45, 7) is 8.17. The Morgan fingerprint density at radius 1 is 1.22 bits per heavy atom. The third-order valence-electron chi connectivity index (χ3n) is 3.97. The van der Waals surface area contributed by atoms with Gasteiger partial charge in [-0.1, -0.05) is 36.8 Å². The number of carbonyl (C=O) groups is 1. The largest absolute Gasteiger partial charge is 0.293 e. The predicted molar refractivity (Wildman–Crippen MR) is 74.9 cm³/mol. The minimum Gasteiger partial charge on any atom is -0.293 e. The Balaban J connectivity index is 2.00. The van der Waals surface area contributed by atoms with E-state index in [0.29, 0.717) is 18.5 Å². The van der Waals surface area contributed by atoms with Crippen LogP contribution in [0.5, 0.6) is 0 Å². The molecule has 1 heterocycles. The topological polar surface area (TPSA) is 20.3 Å². The van der Waals surface area contributed by atoms with Gasteiger partial charge in [-0.05, 0) is 32.6 Å². The molecule has 2 atom stereocenters. The summed E-state index contributed by atoms with van der Waals surface area (Å²) >= 11 is 0. The van der Waals surface area contributed by atoms with Crippen LogP contribution in [0.1, 0.15) is 42.6 Å². The van der Waals surface area contributed by atoms with E-state index < -0.39 is 0 Å². The number of hydrogen-bond donors (Lipinski definition) is 0.